The molecule has 0 unspecified atom stereocenters. The minimum absolute atomic E-state index is 0.0119. The lowest BCUT2D eigenvalue weighted by atomic mass is 10.0. The molecule has 0 atom stereocenters. The highest BCUT2D eigenvalue weighted by molar-refractivity contribution is 6.31. The summed E-state index contributed by atoms with van der Waals surface area (Å²) in [6.45, 7) is 9.16. The number of carbonyl (C=O) groups is 1. The van der Waals surface area contributed by atoms with E-state index >= 15 is 0 Å². The van der Waals surface area contributed by atoms with E-state index in [1.807, 2.05) is 55.4 Å². The molecule has 108 valence electrons. The molecule has 5 heteroatoms. The van der Waals surface area contributed by atoms with E-state index in [0.717, 1.165) is 23.5 Å². The summed E-state index contributed by atoms with van der Waals surface area (Å²) >= 11 is 6.30. The van der Waals surface area contributed by atoms with Crippen LogP contribution in [0.25, 0.3) is 0 Å². The van der Waals surface area contributed by atoms with Gasteiger partial charge in [-0.05, 0) is 19.9 Å². The van der Waals surface area contributed by atoms with Crippen molar-refractivity contribution in [1.29, 1.82) is 0 Å². The minimum Gasteiger partial charge on any atom is -0.348 e. The van der Waals surface area contributed by atoms with Crippen LogP contribution in [0.3, 0.4) is 0 Å². The molecule has 0 bridgehead atoms. The second-order valence-electron chi connectivity index (χ2n) is 5.25. The lowest BCUT2D eigenvalue weighted by molar-refractivity contribution is 0.0939. The van der Waals surface area contributed by atoms with Gasteiger partial charge in [0.15, 0.2) is 5.78 Å². The maximum atomic E-state index is 11.9. The van der Waals surface area contributed by atoms with Crippen molar-refractivity contribution in [3.8, 4) is 0 Å². The Balaban J connectivity index is 2.25. The first-order chi connectivity index (χ1) is 9.43. The first-order valence-corrected chi connectivity index (χ1v) is 7.23. The van der Waals surface area contributed by atoms with Crippen LogP contribution in [0.5, 0.6) is 0 Å². The Hall–Kier alpha value is -1.55. The van der Waals surface area contributed by atoms with E-state index in [4.69, 9.17) is 11.6 Å². The van der Waals surface area contributed by atoms with E-state index in [9.17, 15) is 4.79 Å². The topological polar surface area (TPSA) is 39.8 Å². The molecular formula is C15H20ClN3O. The third-order valence-corrected chi connectivity index (χ3v) is 3.84. The predicted octanol–water partition coefficient (Wildman–Crippen LogP) is 3.55. The molecule has 0 spiro atoms. The molecule has 0 saturated heterocycles. The Morgan fingerprint density at radius 2 is 2.15 bits per heavy atom. The van der Waals surface area contributed by atoms with Crippen LogP contribution in [0.1, 0.15) is 42.5 Å². The van der Waals surface area contributed by atoms with Gasteiger partial charge >= 0.3 is 0 Å². The van der Waals surface area contributed by atoms with Crippen LogP contribution in [-0.4, -0.2) is 20.1 Å². The maximum Gasteiger partial charge on any atom is 0.166 e. The molecule has 0 aromatic carbocycles. The lowest BCUT2D eigenvalue weighted by Gasteiger charge is -2.06. The highest BCUT2D eigenvalue weighted by atomic mass is 35.5. The van der Waals surface area contributed by atoms with E-state index in [1.54, 1.807) is 0 Å². The first-order valence-electron chi connectivity index (χ1n) is 6.85. The minimum atomic E-state index is 0.0119. The van der Waals surface area contributed by atoms with E-state index in [1.165, 1.54) is 0 Å². The quantitative estimate of drug-likeness (QED) is 0.791. The summed E-state index contributed by atoms with van der Waals surface area (Å²) in [6.07, 6.45) is 3.79. The molecule has 0 radical (unpaired) electrons. The van der Waals surface area contributed by atoms with Crippen LogP contribution in [0.15, 0.2) is 18.5 Å². The number of hydrogen-bond donors (Lipinski definition) is 0. The Bertz CT molecular complexity index is 625. The van der Waals surface area contributed by atoms with Crippen LogP contribution >= 0.6 is 11.6 Å². The van der Waals surface area contributed by atoms with E-state index < -0.39 is 0 Å². The predicted molar refractivity (Wildman–Crippen MR) is 80.4 cm³/mol. The van der Waals surface area contributed by atoms with Gasteiger partial charge in [-0.25, -0.2) is 0 Å². The smallest absolute Gasteiger partial charge is 0.166 e. The summed E-state index contributed by atoms with van der Waals surface area (Å²) < 4.78 is 3.88. The molecule has 0 aliphatic heterocycles. The maximum absolute atomic E-state index is 11.9. The van der Waals surface area contributed by atoms with Crippen LogP contribution in [-0.2, 0) is 13.1 Å². The van der Waals surface area contributed by atoms with Gasteiger partial charge in [0.2, 0.25) is 0 Å². The third-order valence-electron chi connectivity index (χ3n) is 3.34. The van der Waals surface area contributed by atoms with Crippen molar-refractivity contribution in [3.05, 3.63) is 40.4 Å². The average molecular weight is 294 g/mol. The van der Waals surface area contributed by atoms with E-state index in [-0.39, 0.29) is 11.7 Å². The first kappa shape index (κ1) is 14.9. The van der Waals surface area contributed by atoms with Gasteiger partial charge in [0, 0.05) is 30.4 Å². The summed E-state index contributed by atoms with van der Waals surface area (Å²) in [4.78, 5) is 11.9. The van der Waals surface area contributed by atoms with E-state index in [2.05, 4.69) is 5.10 Å². The molecule has 2 aromatic heterocycles. The van der Waals surface area contributed by atoms with Gasteiger partial charge in [0.05, 0.1) is 23.0 Å². The molecular weight excluding hydrogens is 274 g/mol. The van der Waals surface area contributed by atoms with Gasteiger partial charge in [-0.2, -0.15) is 5.10 Å². The molecule has 0 aliphatic rings. The fraction of sp³-hybridized carbons (Fsp3) is 0.467. The van der Waals surface area contributed by atoms with Crippen molar-refractivity contribution >= 4 is 17.4 Å². The molecule has 0 fully saturated rings. The SMILES string of the molecule is CCn1nc(C)c(Cl)c1Cn1ccc(C(=O)C(C)C)c1. The molecule has 2 aromatic rings. The van der Waals surface area contributed by atoms with Gasteiger partial charge in [-0.15, -0.1) is 0 Å². The fourth-order valence-corrected chi connectivity index (χ4v) is 2.41. The zero-order valence-electron chi connectivity index (χ0n) is 12.4. The monoisotopic (exact) mass is 293 g/mol. The Kier molecular flexibility index (Phi) is 4.33. The molecule has 0 aliphatic carbocycles. The lowest BCUT2D eigenvalue weighted by Crippen LogP contribution is -2.08. The Labute approximate surface area is 124 Å². The van der Waals surface area contributed by atoms with Crippen molar-refractivity contribution in [1.82, 2.24) is 14.3 Å². The summed E-state index contributed by atoms with van der Waals surface area (Å²) in [7, 11) is 0. The number of aromatic nitrogens is 3. The third kappa shape index (κ3) is 2.80. The van der Waals surface area contributed by atoms with Crippen molar-refractivity contribution in [2.75, 3.05) is 0 Å². The number of hydrogen-bond acceptors (Lipinski definition) is 2. The van der Waals surface area contributed by atoms with Crippen LogP contribution in [0.2, 0.25) is 5.02 Å². The van der Waals surface area contributed by atoms with E-state index in [0.29, 0.717) is 11.6 Å². The normalized spacial score (nSPS) is 11.3. The second kappa shape index (κ2) is 5.83. The zero-order chi connectivity index (χ0) is 14.9. The molecule has 0 saturated carbocycles. The number of nitrogens with zero attached hydrogens (tertiary/aromatic N) is 3. The highest BCUT2D eigenvalue weighted by Gasteiger charge is 2.15. The summed E-state index contributed by atoms with van der Waals surface area (Å²) in [5.74, 6) is 0.174. The molecule has 4 nitrogen and oxygen atoms in total. The second-order valence-corrected chi connectivity index (χ2v) is 5.63. The number of halogens is 1. The van der Waals surface area contributed by atoms with Gasteiger partial charge in [-0.1, -0.05) is 25.4 Å². The van der Waals surface area contributed by atoms with Crippen molar-refractivity contribution in [2.45, 2.75) is 40.8 Å². The van der Waals surface area contributed by atoms with Crippen LogP contribution in [0, 0.1) is 12.8 Å². The molecule has 2 rings (SSSR count). The summed E-state index contributed by atoms with van der Waals surface area (Å²) in [5.41, 5.74) is 2.57. The number of Topliss-reactive ketones (excluding diaryl/α,β-unsaturated/α-hetero) is 1. The standard InChI is InChI=1S/C15H20ClN3O/c1-5-19-13(14(16)11(4)17-19)9-18-7-6-12(8-18)15(20)10(2)3/h6-8,10H,5,9H2,1-4H3. The fourth-order valence-electron chi connectivity index (χ4n) is 2.21. The Morgan fingerprint density at radius 3 is 2.75 bits per heavy atom. The summed E-state index contributed by atoms with van der Waals surface area (Å²) in [6, 6.07) is 1.86. The largest absolute Gasteiger partial charge is 0.348 e. The molecule has 2 heterocycles. The zero-order valence-corrected chi connectivity index (χ0v) is 13.1. The number of carbonyl (C=O) groups excluding carboxylic acids is 1. The van der Waals surface area contributed by atoms with Gasteiger partial charge < -0.3 is 4.57 Å². The van der Waals surface area contributed by atoms with Crippen LogP contribution < -0.4 is 0 Å². The number of aryl methyl sites for hydroxylation is 2. The molecule has 20 heavy (non-hydrogen) atoms. The molecule has 0 N–H and O–H groups in total. The van der Waals surface area contributed by atoms with Crippen molar-refractivity contribution in [2.24, 2.45) is 5.92 Å². The van der Waals surface area contributed by atoms with Crippen molar-refractivity contribution < 1.29 is 4.79 Å². The number of ketones is 1. The summed E-state index contributed by atoms with van der Waals surface area (Å²) in [5, 5.41) is 5.11. The van der Waals surface area contributed by atoms with Gasteiger partial charge in [0.25, 0.3) is 0 Å². The Morgan fingerprint density at radius 1 is 1.45 bits per heavy atom. The molecule has 0 amide bonds. The van der Waals surface area contributed by atoms with Gasteiger partial charge in [-0.3, -0.25) is 9.48 Å². The number of rotatable bonds is 5. The van der Waals surface area contributed by atoms with Gasteiger partial charge in [0.1, 0.15) is 0 Å². The highest BCUT2D eigenvalue weighted by Crippen LogP contribution is 2.21. The van der Waals surface area contributed by atoms with Crippen molar-refractivity contribution in [3.63, 3.8) is 0 Å². The van der Waals surface area contributed by atoms with Crippen LogP contribution in [0.4, 0.5) is 0 Å². The average Bonchev–Trinajstić information content (AvgIpc) is 2.98.